The van der Waals surface area contributed by atoms with Crippen molar-refractivity contribution in [3.8, 4) is 0 Å². The van der Waals surface area contributed by atoms with E-state index in [-0.39, 0.29) is 29.6 Å². The third kappa shape index (κ3) is 44.9. The Labute approximate surface area is 153 Å². The fourth-order valence-electron chi connectivity index (χ4n) is 1.84. The molecule has 7 heteroatoms. The van der Waals surface area contributed by atoms with E-state index in [4.69, 9.17) is 22.3 Å². The quantitative estimate of drug-likeness (QED) is 0.323. The van der Waals surface area contributed by atoms with Gasteiger partial charge < -0.3 is 4.74 Å². The van der Waals surface area contributed by atoms with Gasteiger partial charge in [-0.2, -0.15) is 8.42 Å². The Bertz CT molecular complexity index is 251. The van der Waals surface area contributed by atoms with E-state index >= 15 is 0 Å². The van der Waals surface area contributed by atoms with Crippen molar-refractivity contribution in [2.75, 3.05) is 13.2 Å². The van der Waals surface area contributed by atoms with Crippen LogP contribution in [0.2, 0.25) is 0 Å². The molecule has 0 aromatic heterocycles. The SMILES string of the molecule is CCCCCCCCCCCCOCC.O=S(=O)(O)O.[NaH]. The summed E-state index contributed by atoms with van der Waals surface area (Å²) in [5.41, 5.74) is 0. The summed E-state index contributed by atoms with van der Waals surface area (Å²) >= 11 is 0. The third-order valence-electron chi connectivity index (χ3n) is 2.85. The average Bonchev–Trinajstić information content (AvgIpc) is 2.34. The van der Waals surface area contributed by atoms with Crippen molar-refractivity contribution in [3.05, 3.63) is 0 Å². The second-order valence-electron chi connectivity index (χ2n) is 4.83. The molecule has 0 amide bonds. The molecule has 0 spiro atoms. The molecule has 0 heterocycles. The van der Waals surface area contributed by atoms with Gasteiger partial charge in [0.1, 0.15) is 0 Å². The summed E-state index contributed by atoms with van der Waals surface area (Å²) in [6.45, 7) is 6.18. The molecule has 0 aliphatic heterocycles. The molecule has 0 rings (SSSR count). The van der Waals surface area contributed by atoms with Crippen LogP contribution in [0.3, 0.4) is 0 Å². The maximum atomic E-state index is 8.74. The molecule has 21 heavy (non-hydrogen) atoms. The summed E-state index contributed by atoms with van der Waals surface area (Å²) in [6, 6.07) is 0. The molecule has 0 aliphatic carbocycles. The first-order chi connectivity index (χ1) is 9.41. The van der Waals surface area contributed by atoms with Crippen LogP contribution in [0.5, 0.6) is 0 Å². The first kappa shape index (κ1) is 26.7. The Morgan fingerprint density at radius 1 is 0.762 bits per heavy atom. The molecule has 0 saturated heterocycles. The average molecular weight is 336 g/mol. The van der Waals surface area contributed by atoms with Crippen molar-refractivity contribution < 1.29 is 22.3 Å². The molecule has 0 unspecified atom stereocenters. The Balaban J connectivity index is -0.000000465. The van der Waals surface area contributed by atoms with E-state index in [1.807, 2.05) is 0 Å². The molecular weight excluding hydrogens is 303 g/mol. The van der Waals surface area contributed by atoms with Crippen molar-refractivity contribution in [1.82, 2.24) is 0 Å². The molecule has 0 radical (unpaired) electrons. The van der Waals surface area contributed by atoms with Crippen molar-refractivity contribution in [3.63, 3.8) is 0 Å². The summed E-state index contributed by atoms with van der Waals surface area (Å²) in [7, 11) is -4.67. The van der Waals surface area contributed by atoms with Crippen LogP contribution >= 0.6 is 0 Å². The molecule has 2 N–H and O–H groups in total. The van der Waals surface area contributed by atoms with Crippen LogP contribution in [-0.4, -0.2) is 60.3 Å². The fraction of sp³-hybridized carbons (Fsp3) is 1.00. The second-order valence-corrected chi connectivity index (χ2v) is 5.72. The monoisotopic (exact) mass is 336 g/mol. The number of hydrogen-bond donors (Lipinski definition) is 2. The van der Waals surface area contributed by atoms with E-state index in [0.29, 0.717) is 0 Å². The van der Waals surface area contributed by atoms with Gasteiger partial charge in [-0.1, -0.05) is 64.7 Å². The zero-order chi connectivity index (χ0) is 15.7. The predicted octanol–water partition coefficient (Wildman–Crippen LogP) is 3.64. The standard InChI is InChI=1S/C14H30O.Na.H2O4S.H/c1-3-5-6-7-8-9-10-11-12-13-14-15-4-2;;1-5(2,3)4;/h3-14H2,1-2H3;;(H2,1,2,3,4);. The molecular formula is C14H33NaO5S. The zero-order valence-electron chi connectivity index (χ0n) is 13.0. The minimum absolute atomic E-state index is 0. The van der Waals surface area contributed by atoms with Crippen molar-refractivity contribution >= 4 is 40.0 Å². The van der Waals surface area contributed by atoms with E-state index in [0.717, 1.165) is 13.2 Å². The van der Waals surface area contributed by atoms with Crippen LogP contribution in [0.1, 0.15) is 78.1 Å². The summed E-state index contributed by atoms with van der Waals surface area (Å²) in [5.74, 6) is 0. The van der Waals surface area contributed by atoms with E-state index < -0.39 is 10.4 Å². The van der Waals surface area contributed by atoms with Gasteiger partial charge in [-0.3, -0.25) is 9.11 Å². The van der Waals surface area contributed by atoms with E-state index in [1.54, 1.807) is 0 Å². The van der Waals surface area contributed by atoms with Gasteiger partial charge in [-0.25, -0.2) is 0 Å². The molecule has 0 aromatic rings. The minimum atomic E-state index is -4.67. The number of rotatable bonds is 12. The molecule has 126 valence electrons. The zero-order valence-corrected chi connectivity index (χ0v) is 13.8. The van der Waals surface area contributed by atoms with Crippen LogP contribution in [0.25, 0.3) is 0 Å². The first-order valence-corrected chi connectivity index (χ1v) is 9.09. The summed E-state index contributed by atoms with van der Waals surface area (Å²) in [4.78, 5) is 0. The van der Waals surface area contributed by atoms with E-state index in [2.05, 4.69) is 13.8 Å². The third-order valence-corrected chi connectivity index (χ3v) is 2.85. The summed E-state index contributed by atoms with van der Waals surface area (Å²) in [6.07, 6.45) is 14.0. The van der Waals surface area contributed by atoms with Crippen molar-refractivity contribution in [2.45, 2.75) is 78.1 Å². The normalized spacial score (nSPS) is 10.5. The molecule has 0 aromatic carbocycles. The molecule has 0 fully saturated rings. The predicted molar refractivity (Wildman–Crippen MR) is 89.7 cm³/mol. The van der Waals surface area contributed by atoms with Gasteiger partial charge in [0.25, 0.3) is 0 Å². The van der Waals surface area contributed by atoms with Gasteiger partial charge in [0.05, 0.1) is 0 Å². The maximum absolute atomic E-state index is 8.74. The Kier molecular flexibility index (Phi) is 26.5. The number of hydrogen-bond acceptors (Lipinski definition) is 3. The van der Waals surface area contributed by atoms with Gasteiger partial charge in [0.15, 0.2) is 0 Å². The van der Waals surface area contributed by atoms with Crippen LogP contribution in [0.4, 0.5) is 0 Å². The first-order valence-electron chi connectivity index (χ1n) is 7.69. The molecule has 5 nitrogen and oxygen atoms in total. The number of unbranched alkanes of at least 4 members (excludes halogenated alkanes) is 9. The van der Waals surface area contributed by atoms with Gasteiger partial charge in [0.2, 0.25) is 0 Å². The van der Waals surface area contributed by atoms with Crippen molar-refractivity contribution in [1.29, 1.82) is 0 Å². The van der Waals surface area contributed by atoms with Crippen LogP contribution < -0.4 is 0 Å². The molecule has 0 bridgehead atoms. The summed E-state index contributed by atoms with van der Waals surface area (Å²) < 4.78 is 36.9. The molecule has 0 aliphatic rings. The van der Waals surface area contributed by atoms with E-state index in [1.165, 1.54) is 64.2 Å². The number of ether oxygens (including phenoxy) is 1. The van der Waals surface area contributed by atoms with Crippen LogP contribution in [-0.2, 0) is 15.1 Å². The topological polar surface area (TPSA) is 83.8 Å². The van der Waals surface area contributed by atoms with Gasteiger partial charge in [0, 0.05) is 13.2 Å². The van der Waals surface area contributed by atoms with Crippen molar-refractivity contribution in [2.24, 2.45) is 0 Å². The Morgan fingerprint density at radius 3 is 1.43 bits per heavy atom. The van der Waals surface area contributed by atoms with E-state index in [9.17, 15) is 0 Å². The Hall–Kier alpha value is 0.830. The molecule has 0 saturated carbocycles. The van der Waals surface area contributed by atoms with Gasteiger partial charge in [-0.15, -0.1) is 0 Å². The Morgan fingerprint density at radius 2 is 1.10 bits per heavy atom. The fourth-order valence-corrected chi connectivity index (χ4v) is 1.84. The summed E-state index contributed by atoms with van der Waals surface area (Å²) in [5, 5.41) is 0. The van der Waals surface area contributed by atoms with Gasteiger partial charge >= 0.3 is 40.0 Å². The van der Waals surface area contributed by atoms with Crippen LogP contribution in [0.15, 0.2) is 0 Å². The second kappa shape index (κ2) is 20.8. The van der Waals surface area contributed by atoms with Gasteiger partial charge in [-0.05, 0) is 13.3 Å². The van der Waals surface area contributed by atoms with Crippen LogP contribution in [0, 0.1) is 0 Å². The molecule has 0 atom stereocenters.